The van der Waals surface area contributed by atoms with Crippen molar-refractivity contribution >= 4 is 31.9 Å². The average molecular weight is 322 g/mol. The van der Waals surface area contributed by atoms with Gasteiger partial charge in [-0.05, 0) is 40.5 Å². The van der Waals surface area contributed by atoms with E-state index in [4.69, 9.17) is 5.11 Å². The molecule has 0 bridgehead atoms. The normalized spacial score (nSPS) is 11.5. The zero-order valence-corrected chi connectivity index (χ0v) is 11.7. The summed E-state index contributed by atoms with van der Waals surface area (Å²) in [7, 11) is -3.60. The van der Waals surface area contributed by atoms with Gasteiger partial charge < -0.3 is 5.11 Å². The third kappa shape index (κ3) is 3.05. The molecule has 94 valence electrons. The van der Waals surface area contributed by atoms with Crippen LogP contribution in [0.4, 0.5) is 0 Å². The van der Waals surface area contributed by atoms with Gasteiger partial charge in [0.25, 0.3) is 0 Å². The standard InChI is InChI=1S/C10H12BrNO4S/c1-3-12-17(15,16)9-4-6(2)7(10(13)14)5-8(9)11/h4-5,12H,3H2,1-2H3,(H,13,14). The Balaban J connectivity index is 3.40. The van der Waals surface area contributed by atoms with E-state index in [1.165, 1.54) is 12.1 Å². The van der Waals surface area contributed by atoms with Crippen molar-refractivity contribution in [2.75, 3.05) is 6.54 Å². The summed E-state index contributed by atoms with van der Waals surface area (Å²) >= 11 is 3.07. The Morgan fingerprint density at radius 1 is 1.47 bits per heavy atom. The van der Waals surface area contributed by atoms with E-state index in [-0.39, 0.29) is 21.5 Å². The average Bonchev–Trinajstić information content (AvgIpc) is 2.20. The molecule has 7 heteroatoms. The van der Waals surface area contributed by atoms with Crippen molar-refractivity contribution in [3.63, 3.8) is 0 Å². The Hall–Kier alpha value is -0.920. The Morgan fingerprint density at radius 2 is 2.06 bits per heavy atom. The minimum absolute atomic E-state index is 0.0434. The lowest BCUT2D eigenvalue weighted by Crippen LogP contribution is -2.23. The van der Waals surface area contributed by atoms with E-state index in [1.807, 2.05) is 0 Å². The third-order valence-corrected chi connectivity index (χ3v) is 4.64. The Kier molecular flexibility index (Phi) is 4.29. The number of rotatable bonds is 4. The lowest BCUT2D eigenvalue weighted by molar-refractivity contribution is 0.0696. The van der Waals surface area contributed by atoms with Crippen molar-refractivity contribution < 1.29 is 18.3 Å². The summed E-state index contributed by atoms with van der Waals surface area (Å²) in [5.41, 5.74) is 0.476. The van der Waals surface area contributed by atoms with Crippen molar-refractivity contribution in [2.45, 2.75) is 18.7 Å². The maximum Gasteiger partial charge on any atom is 0.335 e. The molecule has 0 amide bonds. The number of carboxylic acids is 1. The zero-order chi connectivity index (χ0) is 13.2. The SMILES string of the molecule is CCNS(=O)(=O)c1cc(C)c(C(=O)O)cc1Br. The van der Waals surface area contributed by atoms with Crippen LogP contribution in [0.3, 0.4) is 0 Å². The lowest BCUT2D eigenvalue weighted by atomic mass is 10.1. The molecule has 0 radical (unpaired) electrons. The first kappa shape index (κ1) is 14.1. The van der Waals surface area contributed by atoms with Crippen LogP contribution in [0.2, 0.25) is 0 Å². The number of hydrogen-bond donors (Lipinski definition) is 2. The molecule has 5 nitrogen and oxygen atoms in total. The number of hydrogen-bond acceptors (Lipinski definition) is 3. The van der Waals surface area contributed by atoms with Gasteiger partial charge in [-0.2, -0.15) is 0 Å². The molecule has 0 heterocycles. The number of sulfonamides is 1. The Labute approximate surface area is 108 Å². The summed E-state index contributed by atoms with van der Waals surface area (Å²) in [4.78, 5) is 10.9. The summed E-state index contributed by atoms with van der Waals surface area (Å²) < 4.78 is 26.2. The number of carbonyl (C=O) groups is 1. The van der Waals surface area contributed by atoms with Crippen LogP contribution in [-0.2, 0) is 10.0 Å². The van der Waals surface area contributed by atoms with Crippen molar-refractivity contribution in [1.82, 2.24) is 4.72 Å². The molecule has 0 aromatic heterocycles. The molecule has 0 aliphatic heterocycles. The second-order valence-corrected chi connectivity index (χ2v) is 5.99. The molecule has 0 atom stereocenters. The smallest absolute Gasteiger partial charge is 0.335 e. The Bertz CT molecular complexity index is 554. The predicted octanol–water partition coefficient (Wildman–Crippen LogP) is 1.75. The van der Waals surface area contributed by atoms with Crippen molar-refractivity contribution in [3.8, 4) is 0 Å². The highest BCUT2D eigenvalue weighted by atomic mass is 79.9. The van der Waals surface area contributed by atoms with Gasteiger partial charge in [0.15, 0.2) is 0 Å². The van der Waals surface area contributed by atoms with Gasteiger partial charge in [-0.15, -0.1) is 0 Å². The van der Waals surface area contributed by atoms with E-state index in [0.29, 0.717) is 5.56 Å². The van der Waals surface area contributed by atoms with Crippen LogP contribution in [0.25, 0.3) is 0 Å². The number of halogens is 1. The molecule has 0 saturated heterocycles. The maximum atomic E-state index is 11.8. The van der Waals surface area contributed by atoms with E-state index >= 15 is 0 Å². The molecule has 0 aliphatic rings. The number of carboxylic acid groups (broad SMARTS) is 1. The molecule has 0 aliphatic carbocycles. The summed E-state index contributed by atoms with van der Waals surface area (Å²) in [6.07, 6.45) is 0. The molecule has 1 aromatic rings. The van der Waals surface area contributed by atoms with Gasteiger partial charge in [-0.25, -0.2) is 17.9 Å². The van der Waals surface area contributed by atoms with E-state index in [0.717, 1.165) is 0 Å². The molecule has 0 saturated carbocycles. The number of aromatic carboxylic acids is 1. The number of nitrogens with one attached hydrogen (secondary N) is 1. The van der Waals surface area contributed by atoms with Crippen LogP contribution in [0.15, 0.2) is 21.5 Å². The van der Waals surface area contributed by atoms with E-state index < -0.39 is 16.0 Å². The first-order chi connectivity index (χ1) is 7.79. The molecule has 2 N–H and O–H groups in total. The van der Waals surface area contributed by atoms with Crippen molar-refractivity contribution in [2.24, 2.45) is 0 Å². The highest BCUT2D eigenvalue weighted by molar-refractivity contribution is 9.10. The summed E-state index contributed by atoms with van der Waals surface area (Å²) in [6, 6.07) is 2.63. The molecule has 0 spiro atoms. The summed E-state index contributed by atoms with van der Waals surface area (Å²) in [6.45, 7) is 3.50. The second-order valence-electron chi connectivity index (χ2n) is 3.40. The lowest BCUT2D eigenvalue weighted by Gasteiger charge is -2.09. The van der Waals surface area contributed by atoms with Crippen LogP contribution in [-0.4, -0.2) is 26.0 Å². The molecule has 1 rings (SSSR count). The first-order valence-electron chi connectivity index (χ1n) is 4.82. The molecular weight excluding hydrogens is 310 g/mol. The quantitative estimate of drug-likeness (QED) is 0.885. The van der Waals surface area contributed by atoms with Crippen molar-refractivity contribution in [1.29, 1.82) is 0 Å². The van der Waals surface area contributed by atoms with Crippen LogP contribution in [0, 0.1) is 6.92 Å². The van der Waals surface area contributed by atoms with Gasteiger partial charge in [0.2, 0.25) is 10.0 Å². The van der Waals surface area contributed by atoms with E-state index in [2.05, 4.69) is 20.7 Å². The fourth-order valence-corrected chi connectivity index (χ4v) is 3.52. The highest BCUT2D eigenvalue weighted by Crippen LogP contribution is 2.25. The molecule has 0 fully saturated rings. The van der Waals surface area contributed by atoms with Gasteiger partial charge in [-0.3, -0.25) is 0 Å². The minimum Gasteiger partial charge on any atom is -0.478 e. The fourth-order valence-electron chi connectivity index (χ4n) is 1.36. The van der Waals surface area contributed by atoms with Crippen molar-refractivity contribution in [3.05, 3.63) is 27.7 Å². The second kappa shape index (κ2) is 5.16. The zero-order valence-electron chi connectivity index (χ0n) is 9.32. The van der Waals surface area contributed by atoms with E-state index in [9.17, 15) is 13.2 Å². The van der Waals surface area contributed by atoms with Crippen LogP contribution >= 0.6 is 15.9 Å². The maximum absolute atomic E-state index is 11.8. The van der Waals surface area contributed by atoms with Gasteiger partial charge in [-0.1, -0.05) is 6.92 Å². The van der Waals surface area contributed by atoms with Crippen LogP contribution in [0.5, 0.6) is 0 Å². The minimum atomic E-state index is -3.60. The molecule has 0 unspecified atom stereocenters. The molecule has 1 aromatic carbocycles. The van der Waals surface area contributed by atoms with Gasteiger partial charge in [0.05, 0.1) is 10.5 Å². The van der Waals surface area contributed by atoms with Gasteiger partial charge >= 0.3 is 5.97 Å². The predicted molar refractivity (Wildman–Crippen MR) is 66.7 cm³/mol. The number of benzene rings is 1. The number of aryl methyl sites for hydroxylation is 1. The largest absolute Gasteiger partial charge is 0.478 e. The van der Waals surface area contributed by atoms with Crippen LogP contribution < -0.4 is 4.72 Å². The molecular formula is C10H12BrNO4S. The Morgan fingerprint density at radius 3 is 2.53 bits per heavy atom. The van der Waals surface area contributed by atoms with Gasteiger partial charge in [0, 0.05) is 11.0 Å². The van der Waals surface area contributed by atoms with Gasteiger partial charge in [0.1, 0.15) is 0 Å². The molecule has 17 heavy (non-hydrogen) atoms. The topological polar surface area (TPSA) is 83.5 Å². The van der Waals surface area contributed by atoms with E-state index in [1.54, 1.807) is 13.8 Å². The third-order valence-electron chi connectivity index (χ3n) is 2.13. The highest BCUT2D eigenvalue weighted by Gasteiger charge is 2.20. The summed E-state index contributed by atoms with van der Waals surface area (Å²) in [5.74, 6) is -1.09. The summed E-state index contributed by atoms with van der Waals surface area (Å²) in [5, 5.41) is 8.90. The monoisotopic (exact) mass is 321 g/mol. The first-order valence-corrected chi connectivity index (χ1v) is 7.10. The fraction of sp³-hybridized carbons (Fsp3) is 0.300. The van der Waals surface area contributed by atoms with Crippen LogP contribution in [0.1, 0.15) is 22.8 Å².